The molecule has 1 aliphatic rings. The van der Waals surface area contributed by atoms with E-state index >= 15 is 0 Å². The summed E-state index contributed by atoms with van der Waals surface area (Å²) in [6, 6.07) is 8.09. The Hall–Kier alpha value is -3.89. The van der Waals surface area contributed by atoms with Crippen molar-refractivity contribution >= 4 is 23.5 Å². The molecule has 1 saturated heterocycles. The molecule has 0 aliphatic carbocycles. The Kier molecular flexibility index (Phi) is 6.27. The van der Waals surface area contributed by atoms with Crippen LogP contribution < -0.4 is 5.32 Å². The lowest BCUT2D eigenvalue weighted by Crippen LogP contribution is -2.44. The lowest BCUT2D eigenvalue weighted by molar-refractivity contribution is -0.137. The highest BCUT2D eigenvalue weighted by atomic mass is 19.4. The molecule has 2 aromatic heterocycles. The average molecular weight is 502 g/mol. The Bertz CT molecular complexity index is 1280. The van der Waals surface area contributed by atoms with E-state index in [2.05, 4.69) is 15.3 Å². The van der Waals surface area contributed by atoms with E-state index in [4.69, 9.17) is 4.74 Å². The Balaban J connectivity index is 1.56. The first-order valence-corrected chi connectivity index (χ1v) is 11.3. The number of likely N-dealkylation sites (tertiary alicyclic amines) is 1. The second kappa shape index (κ2) is 8.96. The maximum atomic E-state index is 13.2. The zero-order chi connectivity index (χ0) is 26.3. The van der Waals surface area contributed by atoms with Crippen LogP contribution in [0.3, 0.4) is 0 Å². The van der Waals surface area contributed by atoms with Crippen molar-refractivity contribution in [2.45, 2.75) is 51.4 Å². The molecule has 1 fully saturated rings. The van der Waals surface area contributed by atoms with Crippen molar-refractivity contribution in [1.29, 1.82) is 0 Å². The zero-order valence-corrected chi connectivity index (χ0v) is 20.3. The largest absolute Gasteiger partial charge is 0.443 e. The van der Waals surface area contributed by atoms with Gasteiger partial charge in [-0.25, -0.2) is 19.7 Å². The molecule has 190 valence electrons. The number of imide groups is 1. The van der Waals surface area contributed by atoms with E-state index in [1.807, 2.05) is 0 Å². The van der Waals surface area contributed by atoms with Gasteiger partial charge in [-0.3, -0.25) is 4.79 Å². The zero-order valence-electron chi connectivity index (χ0n) is 20.3. The molecule has 11 heteroatoms. The molecule has 3 aromatic rings. The van der Waals surface area contributed by atoms with Crippen LogP contribution in [0.2, 0.25) is 0 Å². The number of benzene rings is 1. The normalized spacial score (nSPS) is 18.4. The number of nitrogens with zero attached hydrogens (tertiary/aromatic N) is 4. The number of alkyl halides is 3. The van der Waals surface area contributed by atoms with Gasteiger partial charge in [0.05, 0.1) is 17.6 Å². The molecule has 0 bridgehead atoms. The summed E-state index contributed by atoms with van der Waals surface area (Å²) in [6.45, 7) is 7.14. The number of halogens is 3. The smallest absolute Gasteiger partial charge is 0.417 e. The van der Waals surface area contributed by atoms with E-state index < -0.39 is 34.9 Å². The fourth-order valence-electron chi connectivity index (χ4n) is 3.88. The first-order valence-electron chi connectivity index (χ1n) is 11.3. The Morgan fingerprint density at radius 3 is 2.44 bits per heavy atom. The standard InChI is InChI=1S/C25H26F3N5O3/c1-23(2,3)36-22(35)33-13-11-24(4,21(33)34)32-14-19(30-15-32)18-6-5-12-29-20(18)31-17-9-7-16(8-10-17)25(26,27)28/h5-10,12,14-15H,11,13H2,1-4H3,(H,29,31). The van der Waals surface area contributed by atoms with Gasteiger partial charge in [-0.1, -0.05) is 0 Å². The molecular weight excluding hydrogens is 475 g/mol. The number of carbonyl (C=O) groups excluding carboxylic acids is 2. The number of hydrogen-bond acceptors (Lipinski definition) is 6. The van der Waals surface area contributed by atoms with Gasteiger partial charge in [0.2, 0.25) is 0 Å². The molecule has 4 rings (SSSR count). The minimum Gasteiger partial charge on any atom is -0.443 e. The molecule has 3 heterocycles. The SMILES string of the molecule is CC(C)(C)OC(=O)N1CCC(C)(n2cnc(-c3cccnc3Nc3ccc(C(F)(F)F)cc3)c2)C1=O. The minimum atomic E-state index is -4.42. The summed E-state index contributed by atoms with van der Waals surface area (Å²) in [7, 11) is 0. The first kappa shape index (κ1) is 25.2. The van der Waals surface area contributed by atoms with Crippen molar-refractivity contribution in [3.8, 4) is 11.3 Å². The van der Waals surface area contributed by atoms with E-state index in [1.54, 1.807) is 56.8 Å². The number of anilines is 2. The van der Waals surface area contributed by atoms with E-state index in [1.165, 1.54) is 18.5 Å². The van der Waals surface area contributed by atoms with E-state index in [0.29, 0.717) is 29.2 Å². The Morgan fingerprint density at radius 2 is 1.81 bits per heavy atom. The quantitative estimate of drug-likeness (QED) is 0.501. The molecule has 1 N–H and O–H groups in total. The van der Waals surface area contributed by atoms with Crippen LogP contribution >= 0.6 is 0 Å². The molecule has 0 spiro atoms. The maximum absolute atomic E-state index is 13.2. The van der Waals surface area contributed by atoms with Gasteiger partial charge in [-0.2, -0.15) is 13.2 Å². The summed E-state index contributed by atoms with van der Waals surface area (Å²) >= 11 is 0. The first-order chi connectivity index (χ1) is 16.8. The van der Waals surface area contributed by atoms with Crippen LogP contribution in [0.15, 0.2) is 55.1 Å². The summed E-state index contributed by atoms with van der Waals surface area (Å²) in [5.74, 6) is -0.00391. The van der Waals surface area contributed by atoms with Gasteiger partial charge < -0.3 is 14.6 Å². The summed E-state index contributed by atoms with van der Waals surface area (Å²) < 4.78 is 45.6. The molecule has 0 radical (unpaired) electrons. The lowest BCUT2D eigenvalue weighted by Gasteiger charge is -2.26. The van der Waals surface area contributed by atoms with E-state index in [9.17, 15) is 22.8 Å². The third kappa shape index (κ3) is 5.05. The van der Waals surface area contributed by atoms with Gasteiger partial charge in [0.15, 0.2) is 0 Å². The fourth-order valence-corrected chi connectivity index (χ4v) is 3.88. The highest BCUT2D eigenvalue weighted by Gasteiger charge is 2.48. The number of rotatable bonds is 4. The highest BCUT2D eigenvalue weighted by Crippen LogP contribution is 2.35. The predicted molar refractivity (Wildman–Crippen MR) is 126 cm³/mol. The second-order valence-corrected chi connectivity index (χ2v) is 9.73. The van der Waals surface area contributed by atoms with Crippen LogP contribution in [0.5, 0.6) is 0 Å². The van der Waals surface area contributed by atoms with Gasteiger partial charge in [0.25, 0.3) is 5.91 Å². The number of carbonyl (C=O) groups is 2. The van der Waals surface area contributed by atoms with Gasteiger partial charge >= 0.3 is 12.3 Å². The molecule has 1 atom stereocenters. The molecule has 8 nitrogen and oxygen atoms in total. The number of nitrogens with one attached hydrogen (secondary N) is 1. The van der Waals surface area contributed by atoms with Crippen molar-refractivity contribution < 1.29 is 27.5 Å². The van der Waals surface area contributed by atoms with Gasteiger partial charge in [-0.05, 0) is 70.5 Å². The molecule has 1 unspecified atom stereocenters. The topological polar surface area (TPSA) is 89.3 Å². The van der Waals surface area contributed by atoms with Crippen molar-refractivity contribution in [3.05, 3.63) is 60.7 Å². The third-order valence-corrected chi connectivity index (χ3v) is 5.85. The fraction of sp³-hybridized carbons (Fsp3) is 0.360. The second-order valence-electron chi connectivity index (χ2n) is 9.73. The highest BCUT2D eigenvalue weighted by molar-refractivity contribution is 5.98. The van der Waals surface area contributed by atoms with Gasteiger partial charge in [0.1, 0.15) is 17.0 Å². The van der Waals surface area contributed by atoms with Crippen LogP contribution in [0.25, 0.3) is 11.3 Å². The van der Waals surface area contributed by atoms with Gasteiger partial charge in [-0.15, -0.1) is 0 Å². The Labute approximate surface area is 206 Å². The van der Waals surface area contributed by atoms with Crippen molar-refractivity contribution in [3.63, 3.8) is 0 Å². The lowest BCUT2D eigenvalue weighted by atomic mass is 10.0. The summed E-state index contributed by atoms with van der Waals surface area (Å²) in [4.78, 5) is 35.5. The third-order valence-electron chi connectivity index (χ3n) is 5.85. The van der Waals surface area contributed by atoms with Crippen LogP contribution in [-0.2, 0) is 21.2 Å². The molecule has 1 aromatic carbocycles. The number of aromatic nitrogens is 3. The van der Waals surface area contributed by atoms with Crippen molar-refractivity contribution in [2.24, 2.45) is 0 Å². The summed E-state index contributed by atoms with van der Waals surface area (Å²) in [6.07, 6.45) is 0.0188. The van der Waals surface area contributed by atoms with Crippen molar-refractivity contribution in [1.82, 2.24) is 19.4 Å². The minimum absolute atomic E-state index is 0.214. The number of hydrogen-bond donors (Lipinski definition) is 1. The summed E-state index contributed by atoms with van der Waals surface area (Å²) in [5.41, 5.74) is -0.992. The van der Waals surface area contributed by atoms with Crippen molar-refractivity contribution in [2.75, 3.05) is 11.9 Å². The van der Waals surface area contributed by atoms with Crippen LogP contribution in [0.4, 0.5) is 29.5 Å². The molecule has 2 amide bonds. The van der Waals surface area contributed by atoms with E-state index in [0.717, 1.165) is 17.0 Å². The molecular formula is C25H26F3N5O3. The van der Waals surface area contributed by atoms with Crippen LogP contribution in [-0.4, -0.2) is 43.6 Å². The molecule has 1 aliphatic heterocycles. The maximum Gasteiger partial charge on any atom is 0.417 e. The molecule has 36 heavy (non-hydrogen) atoms. The Morgan fingerprint density at radius 1 is 1.11 bits per heavy atom. The number of amides is 2. The summed E-state index contributed by atoms with van der Waals surface area (Å²) in [5, 5.41) is 3.03. The number of imidazole rings is 1. The van der Waals surface area contributed by atoms with Gasteiger partial charge in [0, 0.05) is 30.2 Å². The van der Waals surface area contributed by atoms with Crippen LogP contribution in [0.1, 0.15) is 39.7 Å². The van der Waals surface area contributed by atoms with Crippen LogP contribution in [0, 0.1) is 0 Å². The molecule has 0 saturated carbocycles. The monoisotopic (exact) mass is 501 g/mol. The predicted octanol–water partition coefficient (Wildman–Crippen LogP) is 5.59. The number of ether oxygens (including phenoxy) is 1. The average Bonchev–Trinajstić information content (AvgIpc) is 3.39. The number of pyridine rings is 1. The van der Waals surface area contributed by atoms with E-state index in [-0.39, 0.29) is 6.54 Å².